The molecule has 1 saturated heterocycles. The summed E-state index contributed by atoms with van der Waals surface area (Å²) in [5.41, 5.74) is 1.56. The van der Waals surface area contributed by atoms with Gasteiger partial charge in [0, 0.05) is 38.1 Å². The third kappa shape index (κ3) is 3.55. The zero-order valence-corrected chi connectivity index (χ0v) is 16.0. The third-order valence-electron chi connectivity index (χ3n) is 4.69. The normalized spacial score (nSPS) is 14.4. The Hall–Kier alpha value is -2.80. The van der Waals surface area contributed by atoms with Crippen LogP contribution in [0.5, 0.6) is 0 Å². The van der Waals surface area contributed by atoms with E-state index in [9.17, 15) is 4.79 Å². The number of hydrogen-bond acceptors (Lipinski definition) is 5. The van der Waals surface area contributed by atoms with E-state index in [2.05, 4.69) is 14.9 Å². The molecule has 0 aliphatic carbocycles. The van der Waals surface area contributed by atoms with Crippen LogP contribution in [0.1, 0.15) is 10.5 Å². The maximum absolute atomic E-state index is 13.2. The molecule has 27 heavy (non-hydrogen) atoms. The number of para-hydroxylation sites is 1. The quantitative estimate of drug-likeness (QED) is 0.653. The van der Waals surface area contributed by atoms with Crippen LogP contribution < -0.4 is 4.90 Å². The zero-order valence-electron chi connectivity index (χ0n) is 15.2. The summed E-state index contributed by atoms with van der Waals surface area (Å²) < 4.78 is 1.94. The number of benzene rings is 1. The third-order valence-corrected chi connectivity index (χ3v) is 5.34. The lowest BCUT2D eigenvalue weighted by Gasteiger charge is -2.35. The highest BCUT2D eigenvalue weighted by atomic mass is 32.2. The second-order valence-electron chi connectivity index (χ2n) is 6.27. The number of nitrogens with zero attached hydrogens (tertiary/aromatic N) is 5. The van der Waals surface area contributed by atoms with Gasteiger partial charge in [-0.05, 0) is 30.5 Å². The molecule has 0 saturated carbocycles. The number of amides is 1. The first kappa shape index (κ1) is 17.6. The van der Waals surface area contributed by atoms with Gasteiger partial charge in [0.05, 0.1) is 6.20 Å². The van der Waals surface area contributed by atoms with Crippen LogP contribution in [0, 0.1) is 0 Å². The van der Waals surface area contributed by atoms with Crippen molar-refractivity contribution in [3.05, 3.63) is 66.6 Å². The van der Waals surface area contributed by atoms with Gasteiger partial charge in [-0.15, -0.1) is 0 Å². The molecule has 1 aliphatic heterocycles. The van der Waals surface area contributed by atoms with E-state index in [1.165, 1.54) is 11.8 Å². The molecular weight excluding hydrogens is 358 g/mol. The van der Waals surface area contributed by atoms with Gasteiger partial charge in [0.2, 0.25) is 0 Å². The van der Waals surface area contributed by atoms with Crippen LogP contribution in [0.25, 0.3) is 5.69 Å². The summed E-state index contributed by atoms with van der Waals surface area (Å²) in [5, 5.41) is 0.816. The van der Waals surface area contributed by atoms with E-state index < -0.39 is 0 Å². The molecular formula is C20H21N5OS. The molecule has 4 rings (SSSR count). The van der Waals surface area contributed by atoms with Crippen molar-refractivity contribution in [3.63, 3.8) is 0 Å². The number of thioether (sulfide) groups is 1. The lowest BCUT2D eigenvalue weighted by molar-refractivity contribution is 0.0738. The van der Waals surface area contributed by atoms with Crippen LogP contribution in [-0.4, -0.2) is 57.8 Å². The molecule has 1 aliphatic rings. The molecule has 1 fully saturated rings. The van der Waals surface area contributed by atoms with Gasteiger partial charge in [-0.2, -0.15) is 0 Å². The van der Waals surface area contributed by atoms with E-state index in [1.54, 1.807) is 12.4 Å². The van der Waals surface area contributed by atoms with Crippen LogP contribution in [0.15, 0.2) is 66.1 Å². The highest BCUT2D eigenvalue weighted by Gasteiger charge is 2.26. The molecule has 2 aromatic heterocycles. The smallest absolute Gasteiger partial charge is 0.272 e. The van der Waals surface area contributed by atoms with E-state index in [4.69, 9.17) is 0 Å². The number of anilines is 1. The van der Waals surface area contributed by atoms with E-state index >= 15 is 0 Å². The highest BCUT2D eigenvalue weighted by Crippen LogP contribution is 2.23. The van der Waals surface area contributed by atoms with Gasteiger partial charge in [0.1, 0.15) is 11.5 Å². The van der Waals surface area contributed by atoms with Crippen molar-refractivity contribution < 1.29 is 4.79 Å². The number of piperazine rings is 1. The summed E-state index contributed by atoms with van der Waals surface area (Å²) in [5.74, 6) is 0.982. The lowest BCUT2D eigenvalue weighted by atomic mass is 10.2. The van der Waals surface area contributed by atoms with Crippen LogP contribution in [0.3, 0.4) is 0 Å². The van der Waals surface area contributed by atoms with Gasteiger partial charge in [-0.1, -0.05) is 36.0 Å². The van der Waals surface area contributed by atoms with Crippen molar-refractivity contribution >= 4 is 23.5 Å². The number of aromatic nitrogens is 3. The van der Waals surface area contributed by atoms with Gasteiger partial charge < -0.3 is 9.80 Å². The topological polar surface area (TPSA) is 54.3 Å². The first-order chi connectivity index (χ1) is 13.3. The summed E-state index contributed by atoms with van der Waals surface area (Å²) in [6.45, 7) is 2.89. The van der Waals surface area contributed by atoms with Crippen molar-refractivity contribution in [1.29, 1.82) is 0 Å². The van der Waals surface area contributed by atoms with Crippen LogP contribution in [0.4, 0.5) is 5.82 Å². The monoisotopic (exact) mass is 379 g/mol. The standard InChI is InChI=1S/C20H21N5OS/c1-27-20-22-15-17(25(20)16-7-3-2-4-8-16)19(26)24-13-11-23(12-14-24)18-9-5-6-10-21-18/h2-10,15H,11-14H2,1H3. The molecule has 0 radical (unpaired) electrons. The number of pyridine rings is 1. The first-order valence-corrected chi connectivity index (χ1v) is 10.1. The predicted octanol–water partition coefficient (Wildman–Crippen LogP) is 2.95. The molecule has 3 heterocycles. The predicted molar refractivity (Wildman–Crippen MR) is 108 cm³/mol. The summed E-state index contributed by atoms with van der Waals surface area (Å²) in [6.07, 6.45) is 5.46. The van der Waals surface area contributed by atoms with Crippen molar-refractivity contribution in [2.24, 2.45) is 0 Å². The largest absolute Gasteiger partial charge is 0.353 e. The Bertz CT molecular complexity index is 905. The maximum Gasteiger partial charge on any atom is 0.272 e. The first-order valence-electron chi connectivity index (χ1n) is 8.90. The van der Waals surface area contributed by atoms with Gasteiger partial charge in [0.15, 0.2) is 5.16 Å². The van der Waals surface area contributed by atoms with E-state index in [1.807, 2.05) is 64.3 Å². The SMILES string of the molecule is CSc1ncc(C(=O)N2CCN(c3ccccn3)CC2)n1-c1ccccc1. The summed E-state index contributed by atoms with van der Waals surface area (Å²) >= 11 is 1.54. The Morgan fingerprint density at radius 1 is 0.963 bits per heavy atom. The van der Waals surface area contributed by atoms with Gasteiger partial charge >= 0.3 is 0 Å². The molecule has 1 aromatic carbocycles. The average Bonchev–Trinajstić information content (AvgIpc) is 3.19. The number of carbonyl (C=O) groups excluding carboxylic acids is 1. The number of rotatable bonds is 4. The fourth-order valence-electron chi connectivity index (χ4n) is 3.30. The Balaban J connectivity index is 1.54. The molecule has 0 atom stereocenters. The summed E-state index contributed by atoms with van der Waals surface area (Å²) in [6, 6.07) is 15.8. The Morgan fingerprint density at radius 3 is 2.37 bits per heavy atom. The van der Waals surface area contributed by atoms with E-state index in [0.29, 0.717) is 18.8 Å². The van der Waals surface area contributed by atoms with Gasteiger partial charge in [0.25, 0.3) is 5.91 Å². The second kappa shape index (κ2) is 7.84. The van der Waals surface area contributed by atoms with Gasteiger partial charge in [-0.3, -0.25) is 9.36 Å². The summed E-state index contributed by atoms with van der Waals surface area (Å²) in [7, 11) is 0. The van der Waals surface area contributed by atoms with Crippen molar-refractivity contribution in [3.8, 4) is 5.69 Å². The van der Waals surface area contributed by atoms with Crippen LogP contribution in [0.2, 0.25) is 0 Å². The minimum atomic E-state index is 0.0207. The Morgan fingerprint density at radius 2 is 1.70 bits per heavy atom. The molecule has 0 bridgehead atoms. The minimum Gasteiger partial charge on any atom is -0.353 e. The van der Waals surface area contributed by atoms with Crippen molar-refractivity contribution in [2.75, 3.05) is 37.3 Å². The van der Waals surface area contributed by atoms with Crippen LogP contribution >= 0.6 is 11.8 Å². The number of carbonyl (C=O) groups is 1. The maximum atomic E-state index is 13.2. The van der Waals surface area contributed by atoms with Gasteiger partial charge in [-0.25, -0.2) is 9.97 Å². The fourth-order valence-corrected chi connectivity index (χ4v) is 3.84. The molecule has 7 heteroatoms. The molecule has 3 aromatic rings. The highest BCUT2D eigenvalue weighted by molar-refractivity contribution is 7.98. The Labute approximate surface area is 162 Å². The average molecular weight is 379 g/mol. The summed E-state index contributed by atoms with van der Waals surface area (Å²) in [4.78, 5) is 26.2. The van der Waals surface area contributed by atoms with Crippen molar-refractivity contribution in [2.45, 2.75) is 5.16 Å². The Kier molecular flexibility index (Phi) is 5.11. The lowest BCUT2D eigenvalue weighted by Crippen LogP contribution is -2.49. The molecule has 6 nitrogen and oxygen atoms in total. The number of hydrogen-bond donors (Lipinski definition) is 0. The van der Waals surface area contributed by atoms with E-state index in [0.717, 1.165) is 29.8 Å². The second-order valence-corrected chi connectivity index (χ2v) is 7.04. The fraction of sp³-hybridized carbons (Fsp3) is 0.250. The van der Waals surface area contributed by atoms with Crippen molar-refractivity contribution in [1.82, 2.24) is 19.4 Å². The molecule has 1 amide bonds. The molecule has 138 valence electrons. The molecule has 0 N–H and O–H groups in total. The van der Waals surface area contributed by atoms with Crippen LogP contribution in [-0.2, 0) is 0 Å². The van der Waals surface area contributed by atoms with E-state index in [-0.39, 0.29) is 5.91 Å². The number of imidazole rings is 1. The zero-order chi connectivity index (χ0) is 18.6. The molecule has 0 unspecified atom stereocenters. The minimum absolute atomic E-state index is 0.0207. The molecule has 0 spiro atoms.